The van der Waals surface area contributed by atoms with Crippen LogP contribution in [0.25, 0.3) is 0 Å². The van der Waals surface area contributed by atoms with Crippen LogP contribution in [0.3, 0.4) is 0 Å². The molecule has 0 spiro atoms. The highest BCUT2D eigenvalue weighted by Gasteiger charge is 2.19. The number of rotatable bonds is 8. The topological polar surface area (TPSA) is 177 Å². The molecule has 1 aromatic heterocycles. The Labute approximate surface area is 195 Å². The lowest BCUT2D eigenvalue weighted by molar-refractivity contribution is 0.258. The van der Waals surface area contributed by atoms with E-state index in [1.165, 1.54) is 30.3 Å². The molecule has 0 atom stereocenters. The Balaban J connectivity index is 1.58. The van der Waals surface area contributed by atoms with E-state index in [0.717, 1.165) is 0 Å². The van der Waals surface area contributed by atoms with E-state index in [1.807, 2.05) is 0 Å². The number of guanidine groups is 1. The average Bonchev–Trinajstić information content (AvgIpc) is 3.26. The molecule has 0 fully saturated rings. The molecule has 5 N–H and O–H groups in total. The second kappa shape index (κ2) is 10.7. The number of aromatic nitrogens is 2. The Kier molecular flexibility index (Phi) is 7.78. The van der Waals surface area contributed by atoms with Gasteiger partial charge in [0, 0.05) is 5.69 Å². The van der Waals surface area contributed by atoms with Crippen LogP contribution in [0.1, 0.15) is 5.69 Å². The minimum absolute atomic E-state index is 0.000757. The zero-order valence-electron chi connectivity index (χ0n) is 16.6. The van der Waals surface area contributed by atoms with Crippen LogP contribution in [-0.4, -0.2) is 48.9 Å². The smallest absolute Gasteiger partial charge is 0.287 e. The van der Waals surface area contributed by atoms with Gasteiger partial charge in [-0.15, -0.1) is 4.40 Å². The molecule has 0 amide bonds. The molecule has 0 aliphatic carbocycles. The van der Waals surface area contributed by atoms with Gasteiger partial charge in [-0.2, -0.15) is 8.42 Å². The van der Waals surface area contributed by atoms with Crippen LogP contribution < -0.4 is 21.1 Å². The number of sulfonamides is 1. The summed E-state index contributed by atoms with van der Waals surface area (Å²) in [4.78, 5) is 0.000757. The molecule has 0 saturated heterocycles. The summed E-state index contributed by atoms with van der Waals surface area (Å²) in [7, 11) is -3.95. The summed E-state index contributed by atoms with van der Waals surface area (Å²) >= 11 is 3.05. The van der Waals surface area contributed by atoms with Gasteiger partial charge in [0.1, 0.15) is 12.4 Å². The van der Waals surface area contributed by atoms with Gasteiger partial charge in [0.25, 0.3) is 15.9 Å². The summed E-state index contributed by atoms with van der Waals surface area (Å²) in [5, 5.41) is 24.9. The number of ether oxygens (including phenoxy) is 1. The van der Waals surface area contributed by atoms with E-state index < -0.39 is 15.8 Å². The molecule has 0 aliphatic heterocycles. The van der Waals surface area contributed by atoms with E-state index in [2.05, 4.69) is 51.1 Å². The minimum atomic E-state index is -3.95. The predicted octanol–water partition coefficient (Wildman–Crippen LogP) is 1.89. The summed E-state index contributed by atoms with van der Waals surface area (Å²) in [5.41, 5.74) is 5.95. The highest BCUT2D eigenvalue weighted by atomic mass is 79.9. The quantitative estimate of drug-likeness (QED) is 0.108. The summed E-state index contributed by atoms with van der Waals surface area (Å²) in [6.45, 7) is -0.000492. The van der Waals surface area contributed by atoms with Crippen molar-refractivity contribution in [3.63, 3.8) is 0 Å². The summed E-state index contributed by atoms with van der Waals surface area (Å²) in [6, 6.07) is 11.6. The molecule has 0 bridgehead atoms. The number of hydrogen-bond donors (Lipinski definition) is 4. The van der Waals surface area contributed by atoms with Crippen LogP contribution in [0, 0.1) is 5.82 Å². The highest BCUT2D eigenvalue weighted by Crippen LogP contribution is 2.22. The normalized spacial score (nSPS) is 12.4. The van der Waals surface area contributed by atoms with Gasteiger partial charge in [0.15, 0.2) is 0 Å². The molecule has 15 heteroatoms. The first-order valence-electron chi connectivity index (χ1n) is 9.09. The van der Waals surface area contributed by atoms with Crippen LogP contribution in [0.4, 0.5) is 10.1 Å². The van der Waals surface area contributed by atoms with Gasteiger partial charge in [-0.05, 0) is 56.6 Å². The van der Waals surface area contributed by atoms with Crippen molar-refractivity contribution in [2.75, 3.05) is 18.5 Å². The second-order valence-corrected chi connectivity index (χ2v) is 8.62. The van der Waals surface area contributed by atoms with Crippen LogP contribution in [0.2, 0.25) is 0 Å². The maximum Gasteiger partial charge on any atom is 0.287 e. The summed E-state index contributed by atoms with van der Waals surface area (Å²) in [5.74, 6) is -1.09. The first kappa shape index (κ1) is 23.9. The molecule has 1 heterocycles. The molecule has 12 nitrogen and oxygen atoms in total. The molecule has 0 radical (unpaired) electrons. The van der Waals surface area contributed by atoms with Crippen LogP contribution in [-0.2, 0) is 10.0 Å². The van der Waals surface area contributed by atoms with Crippen LogP contribution in [0.5, 0.6) is 5.88 Å². The summed E-state index contributed by atoms with van der Waals surface area (Å²) in [6.07, 6.45) is 0. The average molecular weight is 542 g/mol. The van der Waals surface area contributed by atoms with Gasteiger partial charge in [-0.3, -0.25) is 0 Å². The lowest BCUT2D eigenvalue weighted by atomic mass is 10.3. The molecule has 0 saturated carbocycles. The fraction of sp³-hybridized carbons (Fsp3) is 0.111. The third kappa shape index (κ3) is 6.39. The number of benzene rings is 2. The van der Waals surface area contributed by atoms with Gasteiger partial charge < -0.3 is 26.3 Å². The lowest BCUT2D eigenvalue weighted by Gasteiger charge is -2.09. The molecule has 33 heavy (non-hydrogen) atoms. The third-order valence-corrected chi connectivity index (χ3v) is 5.78. The fourth-order valence-electron chi connectivity index (χ4n) is 2.40. The zero-order chi connectivity index (χ0) is 23.8. The van der Waals surface area contributed by atoms with Gasteiger partial charge in [-0.1, -0.05) is 23.4 Å². The minimum Gasteiger partial charge on any atom is -0.472 e. The number of amidine groups is 1. The maximum atomic E-state index is 13.4. The Morgan fingerprint density at radius 1 is 1.24 bits per heavy atom. The van der Waals surface area contributed by atoms with Crippen molar-refractivity contribution in [1.29, 1.82) is 0 Å². The number of nitrogens with two attached hydrogens (primary N) is 1. The van der Waals surface area contributed by atoms with Crippen molar-refractivity contribution in [2.24, 2.45) is 15.3 Å². The Bertz CT molecular complexity index is 1270. The van der Waals surface area contributed by atoms with Gasteiger partial charge in [0.2, 0.25) is 17.5 Å². The lowest BCUT2D eigenvalue weighted by Crippen LogP contribution is -2.35. The van der Waals surface area contributed by atoms with Crippen molar-refractivity contribution < 1.29 is 27.4 Å². The maximum absolute atomic E-state index is 13.4. The SMILES string of the molecule is N/C(=N\S(=O)(=O)c1ccccc1)NCCOc1nonc1/C(=N/O)Nc1ccc(F)c(Br)c1. The van der Waals surface area contributed by atoms with Crippen molar-refractivity contribution in [3.05, 3.63) is 64.5 Å². The van der Waals surface area contributed by atoms with Crippen molar-refractivity contribution in [2.45, 2.75) is 4.90 Å². The van der Waals surface area contributed by atoms with E-state index >= 15 is 0 Å². The van der Waals surface area contributed by atoms with E-state index in [0.29, 0.717) is 5.69 Å². The largest absolute Gasteiger partial charge is 0.472 e. The Hall–Kier alpha value is -3.72. The number of nitrogens with zero attached hydrogens (tertiary/aromatic N) is 4. The van der Waals surface area contributed by atoms with Crippen molar-refractivity contribution >= 4 is 43.4 Å². The molecular formula is C18H17BrFN7O5S. The Morgan fingerprint density at radius 2 is 2.00 bits per heavy atom. The van der Waals surface area contributed by atoms with Gasteiger partial charge >= 0.3 is 0 Å². The van der Waals surface area contributed by atoms with E-state index in [4.69, 9.17) is 10.5 Å². The molecule has 0 aliphatic rings. The standard InChI is InChI=1S/C18H17BrFN7O5S/c19-13-10-11(6-7-14(13)20)23-16(24-28)15-17(26-32-25-15)31-9-8-22-18(21)27-33(29,30)12-4-2-1-3-5-12/h1-7,10,28H,8-9H2,(H,23,24)(H3,21,22,27). The van der Waals surface area contributed by atoms with Crippen molar-refractivity contribution in [3.8, 4) is 5.88 Å². The van der Waals surface area contributed by atoms with E-state index in [9.17, 15) is 18.0 Å². The monoisotopic (exact) mass is 541 g/mol. The number of anilines is 1. The van der Waals surface area contributed by atoms with Crippen LogP contribution >= 0.6 is 15.9 Å². The zero-order valence-corrected chi connectivity index (χ0v) is 19.0. The van der Waals surface area contributed by atoms with E-state index in [1.54, 1.807) is 18.2 Å². The van der Waals surface area contributed by atoms with Crippen LogP contribution in [0.15, 0.2) is 72.1 Å². The molecule has 3 aromatic rings. The first-order chi connectivity index (χ1) is 15.8. The molecule has 0 unspecified atom stereocenters. The molecule has 2 aromatic carbocycles. The number of nitrogens with one attached hydrogen (secondary N) is 2. The fourth-order valence-corrected chi connectivity index (χ4v) is 3.70. The second-order valence-electron chi connectivity index (χ2n) is 6.16. The Morgan fingerprint density at radius 3 is 2.70 bits per heavy atom. The van der Waals surface area contributed by atoms with Crippen molar-refractivity contribution in [1.82, 2.24) is 15.6 Å². The van der Waals surface area contributed by atoms with Gasteiger partial charge in [0.05, 0.1) is 15.9 Å². The number of halogens is 2. The van der Waals surface area contributed by atoms with Gasteiger partial charge in [-0.25, -0.2) is 9.02 Å². The highest BCUT2D eigenvalue weighted by molar-refractivity contribution is 9.10. The molecule has 3 rings (SSSR count). The number of oxime groups is 1. The number of hydrogen-bond acceptors (Lipinski definition) is 8. The third-order valence-electron chi connectivity index (χ3n) is 3.87. The molecule has 174 valence electrons. The first-order valence-corrected chi connectivity index (χ1v) is 11.3. The summed E-state index contributed by atoms with van der Waals surface area (Å²) < 4.78 is 51.5. The predicted molar refractivity (Wildman–Crippen MR) is 119 cm³/mol. The van der Waals surface area contributed by atoms with E-state index in [-0.39, 0.29) is 45.9 Å². The molecular weight excluding hydrogens is 525 g/mol.